The second-order valence-electron chi connectivity index (χ2n) is 7.46. The molecular formula is C20H25N5O3. The lowest BCUT2D eigenvalue weighted by molar-refractivity contribution is 0.0695. The van der Waals surface area contributed by atoms with Crippen LogP contribution < -0.4 is 5.32 Å². The van der Waals surface area contributed by atoms with Gasteiger partial charge in [0.1, 0.15) is 5.56 Å². The highest BCUT2D eigenvalue weighted by Crippen LogP contribution is 2.17. The molecule has 28 heavy (non-hydrogen) atoms. The SMILES string of the molecule is Cc1c(C(=O)O)cnn1-c1ccc(C(=O)NCC2CN3CCCN2CC3)cc1. The molecule has 1 aromatic carbocycles. The highest BCUT2D eigenvalue weighted by Gasteiger charge is 2.29. The molecule has 3 unspecified atom stereocenters. The lowest BCUT2D eigenvalue weighted by atomic mass is 10.1. The van der Waals surface area contributed by atoms with Gasteiger partial charge in [-0.2, -0.15) is 5.10 Å². The molecular weight excluding hydrogens is 358 g/mol. The second kappa shape index (κ2) is 7.73. The van der Waals surface area contributed by atoms with E-state index in [2.05, 4.69) is 20.2 Å². The number of hydrogen-bond donors (Lipinski definition) is 2. The first-order valence-corrected chi connectivity index (χ1v) is 9.66. The van der Waals surface area contributed by atoms with Gasteiger partial charge in [-0.25, -0.2) is 9.48 Å². The Balaban J connectivity index is 1.40. The van der Waals surface area contributed by atoms with Crippen molar-refractivity contribution in [3.63, 3.8) is 0 Å². The quantitative estimate of drug-likeness (QED) is 0.801. The highest BCUT2D eigenvalue weighted by atomic mass is 16.4. The third-order valence-electron chi connectivity index (χ3n) is 5.72. The van der Waals surface area contributed by atoms with Crippen LogP contribution in [0.15, 0.2) is 30.5 Å². The monoisotopic (exact) mass is 383 g/mol. The average Bonchev–Trinajstić information content (AvgIpc) is 2.85. The number of aromatic carboxylic acids is 1. The van der Waals surface area contributed by atoms with Gasteiger partial charge < -0.3 is 15.3 Å². The van der Waals surface area contributed by atoms with Gasteiger partial charge in [0.25, 0.3) is 5.91 Å². The minimum atomic E-state index is -1.00. The van der Waals surface area contributed by atoms with Crippen molar-refractivity contribution >= 4 is 11.9 Å². The van der Waals surface area contributed by atoms with Crippen molar-refractivity contribution in [3.8, 4) is 5.69 Å². The van der Waals surface area contributed by atoms with Gasteiger partial charge in [-0.1, -0.05) is 0 Å². The van der Waals surface area contributed by atoms with E-state index in [-0.39, 0.29) is 11.5 Å². The van der Waals surface area contributed by atoms with Crippen LogP contribution in [0.3, 0.4) is 0 Å². The van der Waals surface area contributed by atoms with Crippen molar-refractivity contribution in [3.05, 3.63) is 47.3 Å². The largest absolute Gasteiger partial charge is 0.478 e. The molecule has 1 amide bonds. The summed E-state index contributed by atoms with van der Waals surface area (Å²) in [6.07, 6.45) is 2.53. The number of carbonyl (C=O) groups excluding carboxylic acids is 1. The number of benzene rings is 1. The smallest absolute Gasteiger partial charge is 0.339 e. The molecule has 0 saturated carbocycles. The lowest BCUT2D eigenvalue weighted by Crippen LogP contribution is -2.54. The predicted molar refractivity (Wildman–Crippen MR) is 104 cm³/mol. The van der Waals surface area contributed by atoms with E-state index in [0.29, 0.717) is 23.8 Å². The second-order valence-corrected chi connectivity index (χ2v) is 7.46. The van der Waals surface area contributed by atoms with Crippen LogP contribution in [0.2, 0.25) is 0 Å². The number of carboxylic acid groups (broad SMARTS) is 1. The molecule has 3 fully saturated rings. The fourth-order valence-corrected chi connectivity index (χ4v) is 4.09. The summed E-state index contributed by atoms with van der Waals surface area (Å²) < 4.78 is 1.56. The van der Waals surface area contributed by atoms with Crippen LogP contribution in [0.1, 0.15) is 32.8 Å². The molecule has 1 aromatic heterocycles. The van der Waals surface area contributed by atoms with Gasteiger partial charge in [-0.15, -0.1) is 0 Å². The summed E-state index contributed by atoms with van der Waals surface area (Å²) in [4.78, 5) is 28.7. The number of piperazine rings is 1. The summed E-state index contributed by atoms with van der Waals surface area (Å²) in [7, 11) is 0. The first-order chi connectivity index (χ1) is 13.5. The van der Waals surface area contributed by atoms with E-state index in [1.54, 1.807) is 35.9 Å². The Bertz CT molecular complexity index is 872. The van der Waals surface area contributed by atoms with E-state index >= 15 is 0 Å². The first-order valence-electron chi connectivity index (χ1n) is 9.66. The van der Waals surface area contributed by atoms with Crippen molar-refractivity contribution in [2.45, 2.75) is 19.4 Å². The summed E-state index contributed by atoms with van der Waals surface area (Å²) in [5, 5.41) is 16.4. The zero-order valence-corrected chi connectivity index (χ0v) is 16.0. The Kier molecular flexibility index (Phi) is 5.15. The number of fused-ring (bicyclic) bond motifs is 4. The number of amides is 1. The molecule has 3 atom stereocenters. The zero-order chi connectivity index (χ0) is 19.7. The molecule has 2 N–H and O–H groups in total. The Morgan fingerprint density at radius 2 is 1.96 bits per heavy atom. The molecule has 2 aromatic rings. The van der Waals surface area contributed by atoms with Gasteiger partial charge in [0, 0.05) is 37.8 Å². The van der Waals surface area contributed by atoms with E-state index in [0.717, 1.165) is 38.4 Å². The van der Waals surface area contributed by atoms with Gasteiger partial charge in [0.05, 0.1) is 17.6 Å². The summed E-state index contributed by atoms with van der Waals surface area (Å²) in [5.41, 5.74) is 2.03. The highest BCUT2D eigenvalue weighted by molar-refractivity contribution is 5.94. The Labute approximate surface area is 163 Å². The fourth-order valence-electron chi connectivity index (χ4n) is 4.09. The van der Waals surface area contributed by atoms with E-state index in [1.165, 1.54) is 12.6 Å². The first kappa shape index (κ1) is 18.6. The van der Waals surface area contributed by atoms with Crippen LogP contribution in [-0.4, -0.2) is 81.9 Å². The predicted octanol–water partition coefficient (Wildman–Crippen LogP) is 0.999. The summed E-state index contributed by atoms with van der Waals surface area (Å²) in [6, 6.07) is 7.43. The molecule has 5 rings (SSSR count). The molecule has 3 aliphatic rings. The van der Waals surface area contributed by atoms with Gasteiger partial charge in [-0.05, 0) is 50.7 Å². The van der Waals surface area contributed by atoms with Crippen LogP contribution in [-0.2, 0) is 0 Å². The maximum atomic E-state index is 12.5. The maximum Gasteiger partial charge on any atom is 0.339 e. The number of carbonyl (C=O) groups is 2. The lowest BCUT2D eigenvalue weighted by Gasteiger charge is -2.37. The fraction of sp³-hybridized carbons (Fsp3) is 0.450. The van der Waals surface area contributed by atoms with E-state index in [4.69, 9.17) is 5.11 Å². The number of nitrogens with one attached hydrogen (secondary N) is 1. The molecule has 0 aliphatic carbocycles. The van der Waals surface area contributed by atoms with Crippen molar-refractivity contribution < 1.29 is 14.7 Å². The molecule has 148 valence electrons. The van der Waals surface area contributed by atoms with E-state index < -0.39 is 5.97 Å². The number of hydrogen-bond acceptors (Lipinski definition) is 5. The molecule has 3 saturated heterocycles. The van der Waals surface area contributed by atoms with Crippen LogP contribution in [0.5, 0.6) is 0 Å². The van der Waals surface area contributed by atoms with Gasteiger partial charge >= 0.3 is 5.97 Å². The number of rotatable bonds is 5. The maximum absolute atomic E-state index is 12.5. The van der Waals surface area contributed by atoms with E-state index in [1.807, 2.05) is 0 Å². The molecule has 4 heterocycles. The van der Waals surface area contributed by atoms with Crippen molar-refractivity contribution in [2.75, 3.05) is 39.3 Å². The summed E-state index contributed by atoms with van der Waals surface area (Å²) in [6.45, 7) is 7.84. The van der Waals surface area contributed by atoms with Gasteiger partial charge in [-0.3, -0.25) is 9.69 Å². The third-order valence-corrected chi connectivity index (χ3v) is 5.72. The Morgan fingerprint density at radius 3 is 2.68 bits per heavy atom. The minimum absolute atomic E-state index is 0.0914. The minimum Gasteiger partial charge on any atom is -0.478 e. The number of aromatic nitrogens is 2. The molecule has 3 aliphatic heterocycles. The van der Waals surface area contributed by atoms with Crippen LogP contribution in [0.4, 0.5) is 0 Å². The summed E-state index contributed by atoms with van der Waals surface area (Å²) in [5.74, 6) is -1.09. The average molecular weight is 383 g/mol. The third kappa shape index (κ3) is 3.65. The van der Waals surface area contributed by atoms with Crippen LogP contribution in [0, 0.1) is 6.92 Å². The van der Waals surface area contributed by atoms with Crippen LogP contribution >= 0.6 is 0 Å². The number of nitrogens with zero attached hydrogens (tertiary/aromatic N) is 4. The summed E-state index contributed by atoms with van der Waals surface area (Å²) >= 11 is 0. The van der Waals surface area contributed by atoms with Gasteiger partial charge in [0.2, 0.25) is 0 Å². The van der Waals surface area contributed by atoms with Gasteiger partial charge in [0.15, 0.2) is 0 Å². The molecule has 0 radical (unpaired) electrons. The standard InChI is InChI=1S/C20H25N5O3/c1-14-18(20(27)28)12-22-25(14)16-5-3-15(4-6-16)19(26)21-11-17-13-23-7-2-8-24(17)10-9-23/h3-6,12,17H,2,7-11,13H2,1H3,(H,21,26)(H,27,28). The number of carboxylic acids is 1. The zero-order valence-electron chi connectivity index (χ0n) is 16.0. The van der Waals surface area contributed by atoms with E-state index in [9.17, 15) is 9.59 Å². The normalized spacial score (nSPS) is 24.0. The van der Waals surface area contributed by atoms with Crippen LogP contribution in [0.25, 0.3) is 5.69 Å². The molecule has 8 heteroatoms. The molecule has 0 spiro atoms. The molecule has 2 bridgehead atoms. The van der Waals surface area contributed by atoms with Crippen molar-refractivity contribution in [1.29, 1.82) is 0 Å². The molecule has 8 nitrogen and oxygen atoms in total. The Morgan fingerprint density at radius 1 is 1.18 bits per heavy atom. The van der Waals surface area contributed by atoms with Crippen molar-refractivity contribution in [1.82, 2.24) is 24.9 Å². The Hall–Kier alpha value is -2.71. The van der Waals surface area contributed by atoms with Crippen molar-refractivity contribution in [2.24, 2.45) is 0 Å². The topological polar surface area (TPSA) is 90.7 Å².